The van der Waals surface area contributed by atoms with Gasteiger partial charge in [0, 0.05) is 11.9 Å². The summed E-state index contributed by atoms with van der Waals surface area (Å²) in [6.45, 7) is 0. The molecule has 21 heavy (non-hydrogen) atoms. The van der Waals surface area contributed by atoms with E-state index >= 15 is 0 Å². The third kappa shape index (κ3) is 3.49. The minimum Gasteiger partial charge on any atom is -0.478 e. The Morgan fingerprint density at radius 1 is 1.29 bits per heavy atom. The van der Waals surface area contributed by atoms with Crippen molar-refractivity contribution in [1.82, 2.24) is 4.98 Å². The number of esters is 1. The van der Waals surface area contributed by atoms with E-state index in [4.69, 9.17) is 16.7 Å². The number of carboxylic acid groups (broad SMARTS) is 1. The topological polar surface area (TPSA) is 88.5 Å². The number of hydrogen-bond donors (Lipinski definition) is 2. The highest BCUT2D eigenvalue weighted by Crippen LogP contribution is 2.23. The Morgan fingerprint density at radius 2 is 2.05 bits per heavy atom. The number of methoxy groups -OCH3 is 1. The number of nitrogens with one attached hydrogen (secondary N) is 1. The van der Waals surface area contributed by atoms with E-state index in [1.54, 1.807) is 6.07 Å². The van der Waals surface area contributed by atoms with Gasteiger partial charge in [0.15, 0.2) is 0 Å². The van der Waals surface area contributed by atoms with Crippen LogP contribution in [0.5, 0.6) is 0 Å². The second kappa shape index (κ2) is 6.23. The predicted molar refractivity (Wildman–Crippen MR) is 77.3 cm³/mol. The van der Waals surface area contributed by atoms with Crippen LogP contribution in [0.2, 0.25) is 5.02 Å². The Balaban J connectivity index is 2.28. The molecule has 6 nitrogen and oxygen atoms in total. The Bertz CT molecular complexity index is 703. The molecule has 0 atom stereocenters. The third-order valence-electron chi connectivity index (χ3n) is 2.65. The van der Waals surface area contributed by atoms with Gasteiger partial charge in [-0.2, -0.15) is 0 Å². The van der Waals surface area contributed by atoms with Crippen LogP contribution in [0.25, 0.3) is 0 Å². The summed E-state index contributed by atoms with van der Waals surface area (Å²) in [6.07, 6.45) is 1.45. The lowest BCUT2D eigenvalue weighted by molar-refractivity contribution is 0.0599. The molecule has 2 aromatic rings. The average molecular weight is 307 g/mol. The van der Waals surface area contributed by atoms with Crippen LogP contribution in [-0.4, -0.2) is 29.1 Å². The second-order valence-electron chi connectivity index (χ2n) is 4.05. The molecule has 0 aliphatic carbocycles. The third-order valence-corrected chi connectivity index (χ3v) is 2.98. The number of nitrogens with zero attached hydrogens (tertiary/aromatic N) is 1. The fourth-order valence-electron chi connectivity index (χ4n) is 1.66. The largest absolute Gasteiger partial charge is 0.478 e. The molecule has 0 bridgehead atoms. The first-order chi connectivity index (χ1) is 10.0. The van der Waals surface area contributed by atoms with Crippen LogP contribution in [-0.2, 0) is 4.74 Å². The molecule has 108 valence electrons. The van der Waals surface area contributed by atoms with Crippen LogP contribution in [0, 0.1) is 0 Å². The van der Waals surface area contributed by atoms with E-state index in [1.807, 2.05) is 0 Å². The Kier molecular flexibility index (Phi) is 4.39. The summed E-state index contributed by atoms with van der Waals surface area (Å²) in [5.41, 5.74) is 0.805. The lowest BCUT2D eigenvalue weighted by Gasteiger charge is -2.08. The van der Waals surface area contributed by atoms with Crippen LogP contribution in [0.3, 0.4) is 0 Å². The summed E-state index contributed by atoms with van der Waals surface area (Å²) in [4.78, 5) is 26.5. The molecule has 0 radical (unpaired) electrons. The molecule has 0 unspecified atom stereocenters. The Hall–Kier alpha value is -2.60. The summed E-state index contributed by atoms with van der Waals surface area (Å²) < 4.78 is 4.62. The van der Waals surface area contributed by atoms with Gasteiger partial charge in [-0.25, -0.2) is 14.6 Å². The van der Waals surface area contributed by atoms with Gasteiger partial charge in [-0.3, -0.25) is 0 Å². The van der Waals surface area contributed by atoms with E-state index in [2.05, 4.69) is 15.0 Å². The maximum absolute atomic E-state index is 11.4. The normalized spacial score (nSPS) is 10.0. The number of carboxylic acids is 1. The first-order valence-electron chi connectivity index (χ1n) is 5.85. The number of halogens is 1. The van der Waals surface area contributed by atoms with Crippen molar-refractivity contribution in [2.75, 3.05) is 12.4 Å². The standard InChI is InChI=1S/C14H11ClN2O4/c1-21-14(20)8-4-5-16-12(6-8)17-9-2-3-11(15)10(7-9)13(18)19/h2-7H,1H3,(H,16,17)(H,18,19). The van der Waals surface area contributed by atoms with Crippen molar-refractivity contribution in [3.8, 4) is 0 Å². The van der Waals surface area contributed by atoms with Gasteiger partial charge < -0.3 is 15.2 Å². The van der Waals surface area contributed by atoms with Gasteiger partial charge in [0.25, 0.3) is 0 Å². The summed E-state index contributed by atoms with van der Waals surface area (Å²) >= 11 is 5.79. The molecule has 1 aromatic carbocycles. The summed E-state index contributed by atoms with van der Waals surface area (Å²) in [5, 5.41) is 12.1. The molecule has 0 spiro atoms. The molecule has 0 amide bonds. The minimum atomic E-state index is -1.13. The van der Waals surface area contributed by atoms with Gasteiger partial charge in [0.05, 0.1) is 23.3 Å². The number of aromatic carboxylic acids is 1. The molecule has 7 heteroatoms. The van der Waals surface area contributed by atoms with Crippen LogP contribution >= 0.6 is 11.6 Å². The predicted octanol–water partition coefficient (Wildman–Crippen LogP) is 2.96. The number of hydrogen-bond acceptors (Lipinski definition) is 5. The molecule has 0 saturated heterocycles. The molecule has 1 heterocycles. The smallest absolute Gasteiger partial charge is 0.338 e. The van der Waals surface area contributed by atoms with Crippen molar-refractivity contribution in [3.05, 3.63) is 52.7 Å². The van der Waals surface area contributed by atoms with Crippen LogP contribution in [0.4, 0.5) is 11.5 Å². The lowest BCUT2D eigenvalue weighted by atomic mass is 10.2. The molecular weight excluding hydrogens is 296 g/mol. The average Bonchev–Trinajstić information content (AvgIpc) is 2.48. The fraction of sp³-hybridized carbons (Fsp3) is 0.0714. The van der Waals surface area contributed by atoms with Gasteiger partial charge in [-0.05, 0) is 30.3 Å². The first-order valence-corrected chi connectivity index (χ1v) is 6.23. The van der Waals surface area contributed by atoms with Crippen molar-refractivity contribution in [1.29, 1.82) is 0 Å². The number of carbonyl (C=O) groups excluding carboxylic acids is 1. The number of anilines is 2. The van der Waals surface area contributed by atoms with E-state index in [-0.39, 0.29) is 10.6 Å². The zero-order chi connectivity index (χ0) is 15.4. The van der Waals surface area contributed by atoms with E-state index in [1.165, 1.54) is 37.6 Å². The Morgan fingerprint density at radius 3 is 2.71 bits per heavy atom. The van der Waals surface area contributed by atoms with Gasteiger partial charge in [-0.1, -0.05) is 11.6 Å². The maximum Gasteiger partial charge on any atom is 0.338 e. The molecule has 0 aliphatic heterocycles. The molecule has 0 aliphatic rings. The zero-order valence-corrected chi connectivity index (χ0v) is 11.7. The highest BCUT2D eigenvalue weighted by molar-refractivity contribution is 6.33. The number of ether oxygens (including phenoxy) is 1. The van der Waals surface area contributed by atoms with Gasteiger partial charge in [0.2, 0.25) is 0 Å². The quantitative estimate of drug-likeness (QED) is 0.844. The van der Waals surface area contributed by atoms with Gasteiger partial charge in [0.1, 0.15) is 5.82 Å². The number of benzene rings is 1. The Labute approximate surface area is 125 Å². The highest BCUT2D eigenvalue weighted by Gasteiger charge is 2.11. The molecule has 2 rings (SSSR count). The van der Waals surface area contributed by atoms with E-state index in [0.29, 0.717) is 17.1 Å². The molecular formula is C14H11ClN2O4. The molecule has 0 saturated carbocycles. The van der Waals surface area contributed by atoms with Crippen molar-refractivity contribution in [2.24, 2.45) is 0 Å². The van der Waals surface area contributed by atoms with Crippen LogP contribution in [0.15, 0.2) is 36.5 Å². The van der Waals surface area contributed by atoms with Crippen LogP contribution in [0.1, 0.15) is 20.7 Å². The minimum absolute atomic E-state index is 0.0224. The van der Waals surface area contributed by atoms with Crippen molar-refractivity contribution in [2.45, 2.75) is 0 Å². The van der Waals surface area contributed by atoms with Crippen molar-refractivity contribution >= 4 is 35.0 Å². The summed E-state index contributed by atoms with van der Waals surface area (Å²) in [7, 11) is 1.29. The maximum atomic E-state index is 11.4. The second-order valence-corrected chi connectivity index (χ2v) is 4.45. The number of rotatable bonds is 4. The molecule has 0 fully saturated rings. The molecule has 1 aromatic heterocycles. The van der Waals surface area contributed by atoms with Gasteiger partial charge in [-0.15, -0.1) is 0 Å². The summed E-state index contributed by atoms with van der Waals surface area (Å²) in [6, 6.07) is 7.48. The van der Waals surface area contributed by atoms with Crippen molar-refractivity contribution < 1.29 is 19.4 Å². The monoisotopic (exact) mass is 306 g/mol. The first kappa shape index (κ1) is 14.8. The fourth-order valence-corrected chi connectivity index (χ4v) is 1.86. The SMILES string of the molecule is COC(=O)c1ccnc(Nc2ccc(Cl)c(C(=O)O)c2)c1. The number of pyridine rings is 1. The number of aromatic nitrogens is 1. The molecule has 2 N–H and O–H groups in total. The van der Waals surface area contributed by atoms with E-state index in [0.717, 1.165) is 0 Å². The van der Waals surface area contributed by atoms with Crippen LogP contribution < -0.4 is 5.32 Å². The van der Waals surface area contributed by atoms with E-state index < -0.39 is 11.9 Å². The highest BCUT2D eigenvalue weighted by atomic mass is 35.5. The number of carbonyl (C=O) groups is 2. The van der Waals surface area contributed by atoms with E-state index in [9.17, 15) is 9.59 Å². The zero-order valence-electron chi connectivity index (χ0n) is 11.0. The van der Waals surface area contributed by atoms with Gasteiger partial charge >= 0.3 is 11.9 Å². The summed E-state index contributed by atoms with van der Waals surface area (Å²) in [5.74, 6) is -1.22. The lowest BCUT2D eigenvalue weighted by Crippen LogP contribution is -2.03. The van der Waals surface area contributed by atoms with Crippen molar-refractivity contribution in [3.63, 3.8) is 0 Å².